The van der Waals surface area contributed by atoms with E-state index in [1.165, 1.54) is 0 Å². The molecule has 1 fully saturated rings. The standard InChI is InChI=1S/C11H14N2O2/c1-8-2-3-10(6-12-8)13-11(14)9-4-5-15-7-9/h2-3,6,9H,4-5,7H2,1H3,(H,13,14). The van der Waals surface area contributed by atoms with Crippen molar-refractivity contribution < 1.29 is 9.53 Å². The van der Waals surface area contributed by atoms with Gasteiger partial charge in [-0.2, -0.15) is 0 Å². The molecule has 0 aromatic carbocycles. The molecular weight excluding hydrogens is 192 g/mol. The van der Waals surface area contributed by atoms with Gasteiger partial charge < -0.3 is 10.1 Å². The van der Waals surface area contributed by atoms with Crippen molar-refractivity contribution >= 4 is 11.6 Å². The molecule has 1 N–H and O–H groups in total. The van der Waals surface area contributed by atoms with E-state index >= 15 is 0 Å². The van der Waals surface area contributed by atoms with Gasteiger partial charge >= 0.3 is 0 Å². The molecular formula is C11H14N2O2. The highest BCUT2D eigenvalue weighted by molar-refractivity contribution is 5.92. The summed E-state index contributed by atoms with van der Waals surface area (Å²) in [7, 11) is 0. The van der Waals surface area contributed by atoms with Crippen LogP contribution in [0, 0.1) is 12.8 Å². The Bertz CT molecular complexity index is 342. The van der Waals surface area contributed by atoms with E-state index in [1.807, 2.05) is 19.1 Å². The fourth-order valence-corrected chi connectivity index (χ4v) is 1.53. The number of ether oxygens (including phenoxy) is 1. The molecule has 1 saturated heterocycles. The molecule has 0 bridgehead atoms. The molecule has 1 aliphatic rings. The number of carbonyl (C=O) groups is 1. The molecule has 1 aromatic heterocycles. The van der Waals surface area contributed by atoms with Crippen molar-refractivity contribution in [1.29, 1.82) is 0 Å². The molecule has 4 heteroatoms. The Kier molecular flexibility index (Phi) is 2.97. The SMILES string of the molecule is Cc1ccc(NC(=O)C2CCOC2)cn1. The summed E-state index contributed by atoms with van der Waals surface area (Å²) in [6.07, 6.45) is 2.48. The summed E-state index contributed by atoms with van der Waals surface area (Å²) in [5, 5.41) is 2.83. The molecule has 0 aliphatic carbocycles. The van der Waals surface area contributed by atoms with E-state index in [0.717, 1.165) is 17.8 Å². The lowest BCUT2D eigenvalue weighted by molar-refractivity contribution is -0.119. The zero-order valence-electron chi connectivity index (χ0n) is 8.69. The van der Waals surface area contributed by atoms with Gasteiger partial charge in [0.25, 0.3) is 0 Å². The maximum atomic E-state index is 11.7. The number of nitrogens with one attached hydrogen (secondary N) is 1. The van der Waals surface area contributed by atoms with Crippen molar-refractivity contribution in [3.63, 3.8) is 0 Å². The summed E-state index contributed by atoms with van der Waals surface area (Å²) in [6.45, 7) is 3.13. The molecule has 0 radical (unpaired) electrons. The number of hydrogen-bond acceptors (Lipinski definition) is 3. The third kappa shape index (κ3) is 2.53. The quantitative estimate of drug-likeness (QED) is 0.795. The summed E-state index contributed by atoms with van der Waals surface area (Å²) in [5.74, 6) is 0.0180. The monoisotopic (exact) mass is 206 g/mol. The van der Waals surface area contributed by atoms with Gasteiger partial charge in [0.15, 0.2) is 0 Å². The molecule has 0 spiro atoms. The zero-order chi connectivity index (χ0) is 10.7. The van der Waals surface area contributed by atoms with Gasteiger partial charge in [0, 0.05) is 12.3 Å². The van der Waals surface area contributed by atoms with Crippen LogP contribution < -0.4 is 5.32 Å². The second-order valence-corrected chi connectivity index (χ2v) is 3.74. The van der Waals surface area contributed by atoms with Crippen LogP contribution in [0.2, 0.25) is 0 Å². The van der Waals surface area contributed by atoms with Gasteiger partial charge in [-0.25, -0.2) is 0 Å². The number of anilines is 1. The first-order chi connectivity index (χ1) is 7.25. The summed E-state index contributed by atoms with van der Waals surface area (Å²) in [6, 6.07) is 3.73. The third-order valence-corrected chi connectivity index (χ3v) is 2.48. The summed E-state index contributed by atoms with van der Waals surface area (Å²) < 4.78 is 5.16. The van der Waals surface area contributed by atoms with E-state index in [0.29, 0.717) is 13.2 Å². The number of aromatic nitrogens is 1. The lowest BCUT2D eigenvalue weighted by Gasteiger charge is -2.08. The molecule has 1 aliphatic heterocycles. The molecule has 0 saturated carbocycles. The first kappa shape index (κ1) is 10.1. The highest BCUT2D eigenvalue weighted by Gasteiger charge is 2.23. The van der Waals surface area contributed by atoms with Crippen LogP contribution in [0.25, 0.3) is 0 Å². The Morgan fingerprint density at radius 3 is 3.07 bits per heavy atom. The minimum Gasteiger partial charge on any atom is -0.381 e. The van der Waals surface area contributed by atoms with Crippen LogP contribution in [0.5, 0.6) is 0 Å². The van der Waals surface area contributed by atoms with E-state index in [4.69, 9.17) is 4.74 Å². The van der Waals surface area contributed by atoms with E-state index in [1.54, 1.807) is 6.20 Å². The maximum absolute atomic E-state index is 11.7. The number of amides is 1. The number of hydrogen-bond donors (Lipinski definition) is 1. The molecule has 1 atom stereocenters. The molecule has 15 heavy (non-hydrogen) atoms. The number of aryl methyl sites for hydroxylation is 1. The average Bonchev–Trinajstić information content (AvgIpc) is 2.74. The van der Waals surface area contributed by atoms with Gasteiger partial charge in [0.05, 0.1) is 24.4 Å². The molecule has 1 aromatic rings. The average molecular weight is 206 g/mol. The normalized spacial score (nSPS) is 20.2. The predicted molar refractivity (Wildman–Crippen MR) is 56.5 cm³/mol. The van der Waals surface area contributed by atoms with Gasteiger partial charge in [-0.05, 0) is 25.5 Å². The van der Waals surface area contributed by atoms with Crippen molar-refractivity contribution in [2.45, 2.75) is 13.3 Å². The first-order valence-electron chi connectivity index (χ1n) is 5.07. The lowest BCUT2D eigenvalue weighted by Crippen LogP contribution is -2.22. The summed E-state index contributed by atoms with van der Waals surface area (Å²) in [4.78, 5) is 15.8. The van der Waals surface area contributed by atoms with Crippen molar-refractivity contribution in [1.82, 2.24) is 4.98 Å². The molecule has 1 unspecified atom stereocenters. The fraction of sp³-hybridized carbons (Fsp3) is 0.455. The Labute approximate surface area is 88.7 Å². The highest BCUT2D eigenvalue weighted by Crippen LogP contribution is 2.15. The Morgan fingerprint density at radius 1 is 1.60 bits per heavy atom. The van der Waals surface area contributed by atoms with Crippen molar-refractivity contribution in [3.05, 3.63) is 24.0 Å². The first-order valence-corrected chi connectivity index (χ1v) is 5.07. The van der Waals surface area contributed by atoms with Crippen molar-refractivity contribution in [2.24, 2.45) is 5.92 Å². The predicted octanol–water partition coefficient (Wildman–Crippen LogP) is 1.37. The molecule has 2 rings (SSSR count). The number of pyridine rings is 1. The molecule has 2 heterocycles. The molecule has 4 nitrogen and oxygen atoms in total. The second-order valence-electron chi connectivity index (χ2n) is 3.74. The Morgan fingerprint density at radius 2 is 2.47 bits per heavy atom. The van der Waals surface area contributed by atoms with Crippen LogP contribution in [-0.4, -0.2) is 24.1 Å². The van der Waals surface area contributed by atoms with Crippen LogP contribution in [0.15, 0.2) is 18.3 Å². The van der Waals surface area contributed by atoms with Gasteiger partial charge in [0.2, 0.25) is 5.91 Å². The van der Waals surface area contributed by atoms with Gasteiger partial charge in [-0.3, -0.25) is 9.78 Å². The lowest BCUT2D eigenvalue weighted by atomic mass is 10.1. The number of carbonyl (C=O) groups excluding carboxylic acids is 1. The fourth-order valence-electron chi connectivity index (χ4n) is 1.53. The number of nitrogens with zero attached hydrogens (tertiary/aromatic N) is 1. The summed E-state index contributed by atoms with van der Waals surface area (Å²) in [5.41, 5.74) is 1.69. The Balaban J connectivity index is 1.96. The van der Waals surface area contributed by atoms with Crippen LogP contribution in [-0.2, 0) is 9.53 Å². The smallest absolute Gasteiger partial charge is 0.229 e. The van der Waals surface area contributed by atoms with E-state index in [9.17, 15) is 4.79 Å². The van der Waals surface area contributed by atoms with Crippen LogP contribution in [0.1, 0.15) is 12.1 Å². The topological polar surface area (TPSA) is 51.2 Å². The van der Waals surface area contributed by atoms with Crippen molar-refractivity contribution in [3.8, 4) is 0 Å². The van der Waals surface area contributed by atoms with Crippen LogP contribution >= 0.6 is 0 Å². The van der Waals surface area contributed by atoms with Crippen LogP contribution in [0.4, 0.5) is 5.69 Å². The van der Waals surface area contributed by atoms with E-state index in [-0.39, 0.29) is 11.8 Å². The molecule has 80 valence electrons. The minimum absolute atomic E-state index is 0.00805. The Hall–Kier alpha value is -1.42. The van der Waals surface area contributed by atoms with Crippen LogP contribution in [0.3, 0.4) is 0 Å². The van der Waals surface area contributed by atoms with Gasteiger partial charge in [-0.15, -0.1) is 0 Å². The van der Waals surface area contributed by atoms with Gasteiger partial charge in [0.1, 0.15) is 0 Å². The maximum Gasteiger partial charge on any atom is 0.229 e. The summed E-state index contributed by atoms with van der Waals surface area (Å²) >= 11 is 0. The van der Waals surface area contributed by atoms with E-state index < -0.39 is 0 Å². The van der Waals surface area contributed by atoms with Crippen molar-refractivity contribution in [2.75, 3.05) is 18.5 Å². The van der Waals surface area contributed by atoms with E-state index in [2.05, 4.69) is 10.3 Å². The molecule has 1 amide bonds. The largest absolute Gasteiger partial charge is 0.381 e. The number of rotatable bonds is 2. The second kappa shape index (κ2) is 4.40. The third-order valence-electron chi connectivity index (χ3n) is 2.48. The minimum atomic E-state index is -0.00805. The highest BCUT2D eigenvalue weighted by atomic mass is 16.5. The van der Waals surface area contributed by atoms with Gasteiger partial charge in [-0.1, -0.05) is 0 Å². The zero-order valence-corrected chi connectivity index (χ0v) is 8.69.